The Labute approximate surface area is 136 Å². The van der Waals surface area contributed by atoms with Crippen LogP contribution in [0.25, 0.3) is 0 Å². The minimum Gasteiger partial charge on any atom is -0.833 e. The van der Waals surface area contributed by atoms with Crippen molar-refractivity contribution in [1.29, 1.82) is 0 Å². The van der Waals surface area contributed by atoms with Gasteiger partial charge >= 0.3 is 88.4 Å². The van der Waals surface area contributed by atoms with Gasteiger partial charge in [0.05, 0.1) is 0 Å². The quantitative estimate of drug-likeness (QED) is 0.437. The largest absolute Gasteiger partial charge is 1.00 e. The van der Waals surface area contributed by atoms with Gasteiger partial charge in [0, 0.05) is 0 Å². The molecule has 0 aromatic heterocycles. The maximum Gasteiger partial charge on any atom is 1.00 e. The van der Waals surface area contributed by atoms with Crippen molar-refractivity contribution in [2.24, 2.45) is 0 Å². The van der Waals surface area contributed by atoms with Crippen molar-refractivity contribution in [2.45, 2.75) is 0 Å². The molecule has 16 heteroatoms. The second kappa shape index (κ2) is 11.9. The predicted molar refractivity (Wildman–Crippen MR) is 39.3 cm³/mol. The van der Waals surface area contributed by atoms with Crippen LogP contribution in [0.5, 0.6) is 0 Å². The molecule has 6 N–H and O–H groups in total. The Bertz CT molecular complexity index is 132. The zero-order valence-corrected chi connectivity index (χ0v) is 12.7. The molecule has 2 fully saturated rings. The molecule has 0 aromatic carbocycles. The zero-order valence-electron chi connectivity index (χ0n) is 8.67. The molecule has 0 aromatic rings. The molecule has 0 bridgehead atoms. The van der Waals surface area contributed by atoms with E-state index in [1.807, 2.05) is 0 Å². The van der Waals surface area contributed by atoms with Crippen LogP contribution in [0.2, 0.25) is 0 Å². The van der Waals surface area contributed by atoms with E-state index in [0.29, 0.717) is 0 Å². The first kappa shape index (κ1) is 26.4. The first-order valence-electron chi connectivity index (χ1n) is 2.83. The fraction of sp³-hybridized carbons (Fsp3) is 0. The van der Waals surface area contributed by atoms with Gasteiger partial charge in [-0.25, -0.2) is 0 Å². The van der Waals surface area contributed by atoms with Crippen molar-refractivity contribution >= 4 is 29.3 Å². The van der Waals surface area contributed by atoms with Gasteiger partial charge in [0.1, 0.15) is 0 Å². The van der Waals surface area contributed by atoms with E-state index in [1.165, 1.54) is 0 Å². The molecule has 16 heavy (non-hydrogen) atoms. The predicted octanol–water partition coefficient (Wildman–Crippen LogP) is -12.7. The van der Waals surface area contributed by atoms with Gasteiger partial charge in [-0.2, -0.15) is 0 Å². The van der Waals surface area contributed by atoms with Crippen molar-refractivity contribution < 1.29 is 108 Å². The van der Waals surface area contributed by atoms with E-state index in [0.717, 1.165) is 0 Å². The molecule has 0 saturated carbocycles. The van der Waals surface area contributed by atoms with Crippen LogP contribution in [0.15, 0.2) is 0 Å². The van der Waals surface area contributed by atoms with Crippen LogP contribution in [0.3, 0.4) is 0 Å². The summed E-state index contributed by atoms with van der Waals surface area (Å²) in [5, 5.41) is 20.2. The minimum absolute atomic E-state index is 0. The van der Waals surface area contributed by atoms with Gasteiger partial charge in [0.2, 0.25) is 0 Å². The monoisotopic (exact) mass is 256 g/mol. The maximum atomic E-state index is 10.1. The fourth-order valence-corrected chi connectivity index (χ4v) is 0.602. The van der Waals surface area contributed by atoms with Gasteiger partial charge in [-0.3, -0.25) is 0 Å². The molecule has 2 saturated heterocycles. The summed E-state index contributed by atoms with van der Waals surface area (Å²) in [7, 11) is -5.17. The van der Waals surface area contributed by atoms with Crippen molar-refractivity contribution in [2.75, 3.05) is 0 Å². The van der Waals surface area contributed by atoms with Crippen molar-refractivity contribution in [3.8, 4) is 0 Å². The topological polar surface area (TPSA) is 187 Å². The van der Waals surface area contributed by atoms with E-state index in [1.54, 1.807) is 0 Å². The summed E-state index contributed by atoms with van der Waals surface area (Å²) >= 11 is 0. The van der Waals surface area contributed by atoms with Gasteiger partial charge in [0.15, 0.2) is 0 Å². The average molecular weight is 255 g/mol. The van der Waals surface area contributed by atoms with E-state index < -0.39 is 29.3 Å². The van der Waals surface area contributed by atoms with Gasteiger partial charge in [-0.05, 0) is 0 Å². The first-order valence-corrected chi connectivity index (χ1v) is 2.83. The molecule has 0 radical (unpaired) electrons. The van der Waals surface area contributed by atoms with Crippen LogP contribution in [0.4, 0.5) is 0 Å². The third-order valence-corrected chi connectivity index (χ3v) is 1.11. The van der Waals surface area contributed by atoms with Gasteiger partial charge in [0.25, 0.3) is 0 Å². The van der Waals surface area contributed by atoms with Gasteiger partial charge in [-0.1, -0.05) is 0 Å². The normalized spacial score (nSPS) is 16.1. The van der Waals surface area contributed by atoms with E-state index >= 15 is 0 Å². The Morgan fingerprint density at radius 1 is 0.688 bits per heavy atom. The summed E-state index contributed by atoms with van der Waals surface area (Å²) < 4.78 is 21.8. The SMILES string of the molecule is O.O.O.[Na+].[Na+].[O-]B1OB(OB2OB([O-])O2)O1. The number of rotatable bonds is 2. The minimum atomic E-state index is -1.51. The summed E-state index contributed by atoms with van der Waals surface area (Å²) in [4.78, 5) is 0. The third-order valence-electron chi connectivity index (χ3n) is 1.11. The second-order valence-corrected chi connectivity index (χ2v) is 1.84. The Morgan fingerprint density at radius 3 is 1.12 bits per heavy atom. The average Bonchev–Trinajstić information content (AvgIpc) is 1.81. The van der Waals surface area contributed by atoms with Crippen LogP contribution in [-0.4, -0.2) is 45.7 Å². The van der Waals surface area contributed by atoms with Gasteiger partial charge < -0.3 is 49.3 Å². The molecule has 0 aliphatic carbocycles. The molecule has 0 unspecified atom stereocenters. The molecule has 2 heterocycles. The molecule has 80 valence electrons. The summed E-state index contributed by atoms with van der Waals surface area (Å²) in [5.74, 6) is 0. The van der Waals surface area contributed by atoms with E-state index in [-0.39, 0.29) is 75.5 Å². The molecule has 0 atom stereocenters. The molecular formula is H6B4Na2O10. The standard InChI is InChI=1S/B4O7.2Na.3H2O/c5-1-7-3(8-1)11-4-9-2(6)10-4;;;;;/h;;;3*1H2/q-2;2*+1;;;. The zero-order chi connectivity index (χ0) is 7.84. The Morgan fingerprint density at radius 2 is 0.938 bits per heavy atom. The smallest absolute Gasteiger partial charge is 0.833 e. The van der Waals surface area contributed by atoms with Crippen molar-refractivity contribution in [3.05, 3.63) is 0 Å². The van der Waals surface area contributed by atoms with Gasteiger partial charge in [-0.15, -0.1) is 0 Å². The third kappa shape index (κ3) is 7.33. The molecule has 0 spiro atoms. The molecule has 0 amide bonds. The molecule has 2 aliphatic heterocycles. The second-order valence-electron chi connectivity index (χ2n) is 1.84. The van der Waals surface area contributed by atoms with Crippen LogP contribution >= 0.6 is 0 Å². The van der Waals surface area contributed by atoms with Crippen LogP contribution < -0.4 is 69.2 Å². The molecule has 2 rings (SSSR count). The summed E-state index contributed by atoms with van der Waals surface area (Å²) in [6.45, 7) is 0. The Hall–Kier alpha value is 1.86. The maximum absolute atomic E-state index is 10.1. The van der Waals surface area contributed by atoms with Crippen LogP contribution in [0.1, 0.15) is 0 Å². The van der Waals surface area contributed by atoms with E-state index in [9.17, 15) is 10.0 Å². The van der Waals surface area contributed by atoms with E-state index in [4.69, 9.17) is 0 Å². The van der Waals surface area contributed by atoms with Crippen LogP contribution in [-0.2, 0) is 22.9 Å². The Balaban J connectivity index is -0.000000144. The summed E-state index contributed by atoms with van der Waals surface area (Å²) in [6.07, 6.45) is 0. The fourth-order valence-electron chi connectivity index (χ4n) is 0.602. The Kier molecular flexibility index (Phi) is 19.7. The summed E-state index contributed by atoms with van der Waals surface area (Å²) in [6, 6.07) is 0. The van der Waals surface area contributed by atoms with Crippen LogP contribution in [0, 0.1) is 0 Å². The van der Waals surface area contributed by atoms with E-state index in [2.05, 4.69) is 22.9 Å². The molecule has 2 aliphatic rings. The summed E-state index contributed by atoms with van der Waals surface area (Å²) in [5.41, 5.74) is 0. The number of hydrogen-bond donors (Lipinski definition) is 0. The first-order chi connectivity index (χ1) is 5.24. The molecular weight excluding hydrogens is 249 g/mol. The van der Waals surface area contributed by atoms with Crippen molar-refractivity contribution in [3.63, 3.8) is 0 Å². The van der Waals surface area contributed by atoms with Crippen molar-refractivity contribution in [1.82, 2.24) is 0 Å². The molecule has 10 nitrogen and oxygen atoms in total. The number of hydrogen-bond acceptors (Lipinski definition) is 7.